The van der Waals surface area contributed by atoms with Crippen molar-refractivity contribution in [1.82, 2.24) is 4.72 Å². The highest BCUT2D eigenvalue weighted by molar-refractivity contribution is 7.89. The first-order chi connectivity index (χ1) is 13.6. The minimum absolute atomic E-state index is 0.0565. The molecule has 1 unspecified atom stereocenters. The number of hydrogen-bond donors (Lipinski definition) is 3. The van der Waals surface area contributed by atoms with E-state index in [0.29, 0.717) is 11.4 Å². The summed E-state index contributed by atoms with van der Waals surface area (Å²) in [4.78, 5) is 34.9. The van der Waals surface area contributed by atoms with Gasteiger partial charge in [0.15, 0.2) is 0 Å². The molecule has 2 amide bonds. The van der Waals surface area contributed by atoms with Crippen LogP contribution in [0.15, 0.2) is 53.4 Å². The summed E-state index contributed by atoms with van der Waals surface area (Å²) in [7, 11) is -2.72. The molecule has 0 heterocycles. The van der Waals surface area contributed by atoms with Gasteiger partial charge in [0.05, 0.1) is 23.6 Å². The molecule has 2 aromatic carbocycles. The minimum atomic E-state index is -3.97. The van der Waals surface area contributed by atoms with Gasteiger partial charge in [0.25, 0.3) is 0 Å². The fourth-order valence-corrected chi connectivity index (χ4v) is 3.57. The summed E-state index contributed by atoms with van der Waals surface area (Å²) >= 11 is 0. The molecule has 3 N–H and O–H groups in total. The lowest BCUT2D eigenvalue weighted by atomic mass is 10.2. The first kappa shape index (κ1) is 22.1. The molecule has 0 radical (unpaired) electrons. The van der Waals surface area contributed by atoms with E-state index in [9.17, 15) is 22.8 Å². The molecule has 154 valence electrons. The maximum atomic E-state index is 12.5. The van der Waals surface area contributed by atoms with E-state index in [2.05, 4.69) is 20.1 Å². The maximum absolute atomic E-state index is 12.5. The molecule has 1 atom stereocenters. The first-order valence-electron chi connectivity index (χ1n) is 8.51. The van der Waals surface area contributed by atoms with Crippen molar-refractivity contribution < 1.29 is 27.5 Å². The van der Waals surface area contributed by atoms with Crippen molar-refractivity contribution >= 4 is 39.2 Å². The van der Waals surface area contributed by atoms with Crippen LogP contribution in [0.2, 0.25) is 0 Å². The Hall–Kier alpha value is -3.24. The summed E-state index contributed by atoms with van der Waals surface area (Å²) in [6, 6.07) is 10.5. The molecule has 0 saturated carbocycles. The van der Waals surface area contributed by atoms with Gasteiger partial charge in [-0.05, 0) is 49.4 Å². The molecule has 0 bridgehead atoms. The van der Waals surface area contributed by atoms with Crippen LogP contribution in [0.25, 0.3) is 0 Å². The van der Waals surface area contributed by atoms with Crippen molar-refractivity contribution in [3.63, 3.8) is 0 Å². The van der Waals surface area contributed by atoms with E-state index in [1.165, 1.54) is 57.4 Å². The van der Waals surface area contributed by atoms with Gasteiger partial charge in [-0.3, -0.25) is 9.59 Å². The van der Waals surface area contributed by atoms with E-state index in [0.717, 1.165) is 0 Å². The number of hydrogen-bond acceptors (Lipinski definition) is 6. The number of esters is 1. The third-order valence-corrected chi connectivity index (χ3v) is 5.32. The summed E-state index contributed by atoms with van der Waals surface area (Å²) in [6.07, 6.45) is 0. The molecule has 0 spiro atoms. The van der Waals surface area contributed by atoms with E-state index in [1.807, 2.05) is 0 Å². The third kappa shape index (κ3) is 6.13. The monoisotopic (exact) mass is 419 g/mol. The molecule has 29 heavy (non-hydrogen) atoms. The predicted molar refractivity (Wildman–Crippen MR) is 107 cm³/mol. The average Bonchev–Trinajstić information content (AvgIpc) is 2.67. The lowest BCUT2D eigenvalue weighted by Crippen LogP contribution is -2.41. The molecule has 2 rings (SSSR count). The van der Waals surface area contributed by atoms with Gasteiger partial charge in [-0.1, -0.05) is 6.07 Å². The van der Waals surface area contributed by atoms with Crippen LogP contribution in [0.5, 0.6) is 0 Å². The van der Waals surface area contributed by atoms with Crippen LogP contribution in [0.3, 0.4) is 0 Å². The van der Waals surface area contributed by atoms with E-state index in [-0.39, 0.29) is 16.4 Å². The fourth-order valence-electron chi connectivity index (χ4n) is 2.37. The van der Waals surface area contributed by atoms with E-state index >= 15 is 0 Å². The van der Waals surface area contributed by atoms with E-state index < -0.39 is 27.9 Å². The Morgan fingerprint density at radius 1 is 0.966 bits per heavy atom. The number of carbonyl (C=O) groups is 3. The first-order valence-corrected chi connectivity index (χ1v) is 10.00. The standard InChI is InChI=1S/C19H21N3O6S/c1-12(18(24)21-16-6-4-5-14(11-16)19(25)28-3)22-29(26,27)17-9-7-15(8-10-17)20-13(2)23/h4-12,22H,1-3H3,(H,20,23)(H,21,24). The van der Waals surface area contributed by atoms with Crippen LogP contribution in [0.4, 0.5) is 11.4 Å². The van der Waals surface area contributed by atoms with Crippen LogP contribution in [0.1, 0.15) is 24.2 Å². The quantitative estimate of drug-likeness (QED) is 0.586. The van der Waals surface area contributed by atoms with Crippen molar-refractivity contribution in [2.45, 2.75) is 24.8 Å². The van der Waals surface area contributed by atoms with Gasteiger partial charge in [-0.2, -0.15) is 4.72 Å². The third-order valence-electron chi connectivity index (χ3n) is 3.76. The molecule has 0 aliphatic heterocycles. The Balaban J connectivity index is 2.06. The van der Waals surface area contributed by atoms with Crippen molar-refractivity contribution in [3.05, 3.63) is 54.1 Å². The number of ether oxygens (including phenoxy) is 1. The minimum Gasteiger partial charge on any atom is -0.465 e. The second-order valence-corrected chi connectivity index (χ2v) is 7.82. The zero-order valence-corrected chi connectivity index (χ0v) is 16.9. The Kier molecular flexibility index (Phi) is 7.08. The number of sulfonamides is 1. The zero-order valence-electron chi connectivity index (χ0n) is 16.1. The molecule has 10 heteroatoms. The molecule has 0 fully saturated rings. The van der Waals surface area contributed by atoms with Crippen LogP contribution < -0.4 is 15.4 Å². The Morgan fingerprint density at radius 3 is 2.21 bits per heavy atom. The highest BCUT2D eigenvalue weighted by Gasteiger charge is 2.22. The van der Waals surface area contributed by atoms with Gasteiger partial charge in [-0.15, -0.1) is 0 Å². The Morgan fingerprint density at radius 2 is 1.62 bits per heavy atom. The summed E-state index contributed by atoms with van der Waals surface area (Å²) in [5.74, 6) is -1.44. The topological polar surface area (TPSA) is 131 Å². The fraction of sp³-hybridized carbons (Fsp3) is 0.211. The lowest BCUT2D eigenvalue weighted by molar-refractivity contribution is -0.117. The van der Waals surface area contributed by atoms with Crippen LogP contribution in [-0.4, -0.2) is 39.4 Å². The number of amides is 2. The van der Waals surface area contributed by atoms with Crippen molar-refractivity contribution in [1.29, 1.82) is 0 Å². The summed E-state index contributed by atoms with van der Waals surface area (Å²) in [5, 5.41) is 5.08. The van der Waals surface area contributed by atoms with Crippen LogP contribution >= 0.6 is 0 Å². The number of anilines is 2. The van der Waals surface area contributed by atoms with Gasteiger partial charge in [0.1, 0.15) is 0 Å². The average molecular weight is 419 g/mol. The van der Waals surface area contributed by atoms with Crippen molar-refractivity contribution in [3.8, 4) is 0 Å². The summed E-state index contributed by atoms with van der Waals surface area (Å²) in [6.45, 7) is 2.73. The SMILES string of the molecule is COC(=O)c1cccc(NC(=O)C(C)NS(=O)(=O)c2ccc(NC(C)=O)cc2)c1. The molecule has 2 aromatic rings. The van der Waals surface area contributed by atoms with Crippen LogP contribution in [-0.2, 0) is 24.3 Å². The smallest absolute Gasteiger partial charge is 0.337 e. The number of nitrogens with one attached hydrogen (secondary N) is 3. The largest absolute Gasteiger partial charge is 0.465 e. The molecular weight excluding hydrogens is 398 g/mol. The molecule has 9 nitrogen and oxygen atoms in total. The number of carbonyl (C=O) groups excluding carboxylic acids is 3. The highest BCUT2D eigenvalue weighted by Crippen LogP contribution is 2.15. The van der Waals surface area contributed by atoms with Crippen molar-refractivity contribution in [2.75, 3.05) is 17.7 Å². The highest BCUT2D eigenvalue weighted by atomic mass is 32.2. The normalized spacial score (nSPS) is 12.0. The second-order valence-electron chi connectivity index (χ2n) is 6.11. The zero-order chi connectivity index (χ0) is 21.6. The lowest BCUT2D eigenvalue weighted by Gasteiger charge is -2.15. The molecular formula is C19H21N3O6S. The van der Waals surface area contributed by atoms with Gasteiger partial charge in [-0.25, -0.2) is 13.2 Å². The van der Waals surface area contributed by atoms with Gasteiger partial charge in [0.2, 0.25) is 21.8 Å². The van der Waals surface area contributed by atoms with Crippen molar-refractivity contribution in [2.24, 2.45) is 0 Å². The van der Waals surface area contributed by atoms with Gasteiger partial charge >= 0.3 is 5.97 Å². The molecule has 0 aliphatic rings. The van der Waals surface area contributed by atoms with Gasteiger partial charge < -0.3 is 15.4 Å². The van der Waals surface area contributed by atoms with Crippen LogP contribution in [0, 0.1) is 0 Å². The number of rotatable bonds is 7. The van der Waals surface area contributed by atoms with E-state index in [1.54, 1.807) is 12.1 Å². The molecule has 0 aromatic heterocycles. The number of methoxy groups -OCH3 is 1. The van der Waals surface area contributed by atoms with Gasteiger partial charge in [0, 0.05) is 18.3 Å². The Bertz CT molecular complexity index is 1020. The summed E-state index contributed by atoms with van der Waals surface area (Å²) < 4.78 is 31.9. The van der Waals surface area contributed by atoms with E-state index in [4.69, 9.17) is 0 Å². The predicted octanol–water partition coefficient (Wildman–Crippen LogP) is 1.74. The molecule has 0 aliphatic carbocycles. The Labute approximate surface area is 168 Å². The maximum Gasteiger partial charge on any atom is 0.337 e. The number of benzene rings is 2. The second kappa shape index (κ2) is 9.30. The summed E-state index contributed by atoms with van der Waals surface area (Å²) in [5.41, 5.74) is 1.02. The molecule has 0 saturated heterocycles.